The molecule has 18 heavy (non-hydrogen) atoms. The second kappa shape index (κ2) is 5.35. The number of amides is 1. The molecule has 2 rings (SSSR count). The summed E-state index contributed by atoms with van der Waals surface area (Å²) in [7, 11) is 1.90. The lowest BCUT2D eigenvalue weighted by Gasteiger charge is -2.15. The van der Waals surface area contributed by atoms with E-state index in [1.807, 2.05) is 30.1 Å². The normalized spacial score (nSPS) is 20.0. The number of aromatic nitrogens is 1. The Morgan fingerprint density at radius 2 is 2.28 bits per heavy atom. The van der Waals surface area contributed by atoms with E-state index in [0.29, 0.717) is 6.54 Å². The van der Waals surface area contributed by atoms with E-state index in [4.69, 9.17) is 0 Å². The summed E-state index contributed by atoms with van der Waals surface area (Å²) in [6.07, 6.45) is 4.63. The van der Waals surface area contributed by atoms with E-state index < -0.39 is 0 Å². The van der Waals surface area contributed by atoms with Crippen LogP contribution in [0.5, 0.6) is 0 Å². The molecule has 1 aliphatic rings. The SMILES string of the molecule is CC(=O)NC1CCN(CC(=O)c2ccn(C)c2)C1. The van der Waals surface area contributed by atoms with E-state index in [1.54, 1.807) is 0 Å². The molecule has 98 valence electrons. The van der Waals surface area contributed by atoms with Crippen molar-refractivity contribution in [3.63, 3.8) is 0 Å². The highest BCUT2D eigenvalue weighted by molar-refractivity contribution is 5.97. The van der Waals surface area contributed by atoms with E-state index in [2.05, 4.69) is 10.2 Å². The Balaban J connectivity index is 1.84. The first-order chi connectivity index (χ1) is 8.54. The third-order valence-electron chi connectivity index (χ3n) is 3.20. The molecule has 5 nitrogen and oxygen atoms in total. The molecule has 1 amide bonds. The number of likely N-dealkylation sites (tertiary alicyclic amines) is 1. The summed E-state index contributed by atoms with van der Waals surface area (Å²) in [6, 6.07) is 2.02. The Labute approximate surface area is 107 Å². The molecule has 1 aliphatic heterocycles. The molecule has 1 aromatic rings. The summed E-state index contributed by atoms with van der Waals surface area (Å²) in [5.74, 6) is 0.135. The van der Waals surface area contributed by atoms with Gasteiger partial charge >= 0.3 is 0 Å². The van der Waals surface area contributed by atoms with Gasteiger partial charge in [0.15, 0.2) is 5.78 Å². The van der Waals surface area contributed by atoms with Crippen LogP contribution in [0.1, 0.15) is 23.7 Å². The molecule has 0 radical (unpaired) electrons. The van der Waals surface area contributed by atoms with E-state index in [0.717, 1.165) is 25.1 Å². The molecule has 1 fully saturated rings. The average Bonchev–Trinajstić information content (AvgIpc) is 2.87. The number of carbonyl (C=O) groups is 2. The van der Waals surface area contributed by atoms with Crippen molar-refractivity contribution in [1.82, 2.24) is 14.8 Å². The van der Waals surface area contributed by atoms with Gasteiger partial charge in [-0.05, 0) is 12.5 Å². The molecule has 0 saturated carbocycles. The van der Waals surface area contributed by atoms with Crippen LogP contribution in [0.2, 0.25) is 0 Å². The van der Waals surface area contributed by atoms with Crippen LogP contribution in [0, 0.1) is 0 Å². The van der Waals surface area contributed by atoms with Crippen molar-refractivity contribution in [3.05, 3.63) is 24.0 Å². The first kappa shape index (κ1) is 12.8. The maximum atomic E-state index is 12.0. The molecule has 1 aromatic heterocycles. The summed E-state index contributed by atoms with van der Waals surface area (Å²) >= 11 is 0. The first-order valence-electron chi connectivity index (χ1n) is 6.19. The highest BCUT2D eigenvalue weighted by atomic mass is 16.1. The molecule has 0 aromatic carbocycles. The number of aryl methyl sites for hydroxylation is 1. The van der Waals surface area contributed by atoms with E-state index in [1.165, 1.54) is 6.92 Å². The van der Waals surface area contributed by atoms with Gasteiger partial charge in [-0.2, -0.15) is 0 Å². The fourth-order valence-corrected chi connectivity index (χ4v) is 2.34. The van der Waals surface area contributed by atoms with E-state index >= 15 is 0 Å². The third-order valence-corrected chi connectivity index (χ3v) is 3.20. The quantitative estimate of drug-likeness (QED) is 0.787. The fourth-order valence-electron chi connectivity index (χ4n) is 2.34. The molecule has 1 atom stereocenters. The van der Waals surface area contributed by atoms with Crippen LogP contribution in [0.3, 0.4) is 0 Å². The second-order valence-corrected chi connectivity index (χ2v) is 4.91. The van der Waals surface area contributed by atoms with Crippen molar-refractivity contribution in [2.75, 3.05) is 19.6 Å². The van der Waals surface area contributed by atoms with Crippen LogP contribution in [-0.4, -0.2) is 46.8 Å². The van der Waals surface area contributed by atoms with Crippen molar-refractivity contribution in [2.24, 2.45) is 7.05 Å². The first-order valence-corrected chi connectivity index (χ1v) is 6.19. The number of rotatable bonds is 4. The van der Waals surface area contributed by atoms with Crippen molar-refractivity contribution < 1.29 is 9.59 Å². The van der Waals surface area contributed by atoms with Crippen molar-refractivity contribution >= 4 is 11.7 Å². The Kier molecular flexibility index (Phi) is 3.81. The van der Waals surface area contributed by atoms with Crippen LogP contribution in [0.15, 0.2) is 18.5 Å². The number of ketones is 1. The Morgan fingerprint density at radius 3 is 2.89 bits per heavy atom. The minimum atomic E-state index is -0.00349. The zero-order chi connectivity index (χ0) is 13.1. The van der Waals surface area contributed by atoms with Gasteiger partial charge in [-0.1, -0.05) is 0 Å². The van der Waals surface area contributed by atoms with Gasteiger partial charge in [0, 0.05) is 51.1 Å². The molecule has 5 heteroatoms. The van der Waals surface area contributed by atoms with Crippen molar-refractivity contribution in [1.29, 1.82) is 0 Å². The Morgan fingerprint density at radius 1 is 1.50 bits per heavy atom. The van der Waals surface area contributed by atoms with Crippen LogP contribution >= 0.6 is 0 Å². The number of Topliss-reactive ketones (excluding diaryl/α,β-unsaturated/α-hetero) is 1. The summed E-state index contributed by atoms with van der Waals surface area (Å²) in [4.78, 5) is 25.0. The predicted octanol–water partition coefficient (Wildman–Crippen LogP) is 0.418. The van der Waals surface area contributed by atoms with Gasteiger partial charge in [0.25, 0.3) is 0 Å². The minimum absolute atomic E-state index is 0.00349. The van der Waals surface area contributed by atoms with Crippen LogP contribution in [0.25, 0.3) is 0 Å². The average molecular weight is 249 g/mol. The third kappa shape index (κ3) is 3.20. The summed E-state index contributed by atoms with van der Waals surface area (Å²) in [6.45, 7) is 3.58. The number of carbonyl (C=O) groups excluding carboxylic acids is 2. The summed E-state index contributed by atoms with van der Waals surface area (Å²) in [5, 5.41) is 2.89. The minimum Gasteiger partial charge on any atom is -0.357 e. The van der Waals surface area contributed by atoms with Gasteiger partial charge in [-0.15, -0.1) is 0 Å². The maximum absolute atomic E-state index is 12.0. The van der Waals surface area contributed by atoms with Crippen LogP contribution < -0.4 is 5.32 Å². The van der Waals surface area contributed by atoms with Gasteiger partial charge < -0.3 is 9.88 Å². The number of nitrogens with one attached hydrogen (secondary N) is 1. The zero-order valence-electron chi connectivity index (χ0n) is 10.8. The summed E-state index contributed by atoms with van der Waals surface area (Å²) < 4.78 is 1.87. The lowest BCUT2D eigenvalue weighted by atomic mass is 10.2. The van der Waals surface area contributed by atoms with E-state index in [9.17, 15) is 9.59 Å². The van der Waals surface area contributed by atoms with Crippen molar-refractivity contribution in [3.8, 4) is 0 Å². The molecule has 0 bridgehead atoms. The topological polar surface area (TPSA) is 54.3 Å². The second-order valence-electron chi connectivity index (χ2n) is 4.91. The van der Waals surface area contributed by atoms with Gasteiger partial charge in [0.05, 0.1) is 6.54 Å². The van der Waals surface area contributed by atoms with Gasteiger partial charge in [0.1, 0.15) is 0 Å². The van der Waals surface area contributed by atoms with Gasteiger partial charge in [0.2, 0.25) is 5.91 Å². The molecular formula is C13H19N3O2. The molecule has 1 N–H and O–H groups in total. The number of hydrogen-bond donors (Lipinski definition) is 1. The zero-order valence-corrected chi connectivity index (χ0v) is 10.8. The Hall–Kier alpha value is -1.62. The maximum Gasteiger partial charge on any atom is 0.217 e. The largest absolute Gasteiger partial charge is 0.357 e. The van der Waals surface area contributed by atoms with Crippen LogP contribution in [0.4, 0.5) is 0 Å². The molecule has 1 unspecified atom stereocenters. The van der Waals surface area contributed by atoms with Crippen molar-refractivity contribution in [2.45, 2.75) is 19.4 Å². The molecule has 1 saturated heterocycles. The van der Waals surface area contributed by atoms with E-state index in [-0.39, 0.29) is 17.7 Å². The highest BCUT2D eigenvalue weighted by Gasteiger charge is 2.24. The van der Waals surface area contributed by atoms with Gasteiger partial charge in [-0.25, -0.2) is 0 Å². The molecule has 0 spiro atoms. The lowest BCUT2D eigenvalue weighted by molar-refractivity contribution is -0.119. The molecule has 2 heterocycles. The smallest absolute Gasteiger partial charge is 0.217 e. The Bertz CT molecular complexity index is 453. The molecular weight excluding hydrogens is 230 g/mol. The number of nitrogens with zero attached hydrogens (tertiary/aromatic N) is 2. The highest BCUT2D eigenvalue weighted by Crippen LogP contribution is 2.11. The standard InChI is InChI=1S/C13H19N3O2/c1-10(17)14-12-4-6-16(8-12)9-13(18)11-3-5-15(2)7-11/h3,5,7,12H,4,6,8-9H2,1-2H3,(H,14,17). The lowest BCUT2D eigenvalue weighted by Crippen LogP contribution is -2.36. The molecule has 0 aliphatic carbocycles. The number of hydrogen-bond acceptors (Lipinski definition) is 3. The summed E-state index contributed by atoms with van der Waals surface area (Å²) in [5.41, 5.74) is 0.750. The monoisotopic (exact) mass is 249 g/mol. The fraction of sp³-hybridized carbons (Fsp3) is 0.538. The van der Waals surface area contributed by atoms with Gasteiger partial charge in [-0.3, -0.25) is 14.5 Å². The predicted molar refractivity (Wildman–Crippen MR) is 68.4 cm³/mol. The van der Waals surface area contributed by atoms with Crippen LogP contribution in [-0.2, 0) is 11.8 Å².